The standard InChI is InChI=1S/C19H16O5.C4H11N/c1-12-6-8-13(9-7-12)19(15(18(22)23)10-17(20)21)11-24-16-5-3-2-4-14(16)19;1-4-5(2)3/h2-10H,11H2,1H3,(H,20,21)(H,22,23);4H2,1-3H3/b15-10-;. The molecule has 0 saturated heterocycles. The molecule has 0 bridgehead atoms. The SMILES string of the molecule is CCN(C)C.Cc1ccc(C2(/C(=C\C(=O)O)C(=O)O)COc3ccccc32)cc1. The van der Waals surface area contributed by atoms with Gasteiger partial charge in [-0.05, 0) is 39.2 Å². The fourth-order valence-corrected chi connectivity index (χ4v) is 3.16. The van der Waals surface area contributed by atoms with Crippen LogP contribution in [0, 0.1) is 6.92 Å². The first kappa shape index (κ1) is 22.2. The Morgan fingerprint density at radius 3 is 2.21 bits per heavy atom. The molecule has 1 aliphatic heterocycles. The lowest BCUT2D eigenvalue weighted by Gasteiger charge is -2.29. The quantitative estimate of drug-likeness (QED) is 0.753. The molecular weight excluding hydrogens is 370 g/mol. The van der Waals surface area contributed by atoms with Crippen LogP contribution in [0.1, 0.15) is 23.6 Å². The number of ether oxygens (including phenoxy) is 1. The zero-order chi connectivity index (χ0) is 21.6. The van der Waals surface area contributed by atoms with Crippen molar-refractivity contribution < 1.29 is 24.5 Å². The van der Waals surface area contributed by atoms with Gasteiger partial charge in [0.25, 0.3) is 0 Å². The van der Waals surface area contributed by atoms with Crippen LogP contribution in [0.4, 0.5) is 0 Å². The van der Waals surface area contributed by atoms with Crippen molar-refractivity contribution in [2.75, 3.05) is 27.2 Å². The number of aliphatic carboxylic acids is 2. The van der Waals surface area contributed by atoms with Gasteiger partial charge in [0.05, 0.1) is 11.0 Å². The number of hydrogen-bond donors (Lipinski definition) is 2. The first-order valence-corrected chi connectivity index (χ1v) is 9.35. The minimum atomic E-state index is -1.30. The zero-order valence-corrected chi connectivity index (χ0v) is 17.2. The summed E-state index contributed by atoms with van der Waals surface area (Å²) in [5.74, 6) is -2.02. The second-order valence-electron chi connectivity index (χ2n) is 7.15. The van der Waals surface area contributed by atoms with Gasteiger partial charge in [0.1, 0.15) is 12.4 Å². The Morgan fingerprint density at radius 2 is 1.69 bits per heavy atom. The lowest BCUT2D eigenvalue weighted by atomic mass is 9.70. The van der Waals surface area contributed by atoms with E-state index >= 15 is 0 Å². The highest BCUT2D eigenvalue weighted by molar-refractivity contribution is 5.98. The van der Waals surface area contributed by atoms with Gasteiger partial charge in [0.15, 0.2) is 0 Å². The third-order valence-electron chi connectivity index (χ3n) is 4.93. The molecule has 3 rings (SSSR count). The van der Waals surface area contributed by atoms with E-state index in [-0.39, 0.29) is 12.2 Å². The monoisotopic (exact) mass is 397 g/mol. The van der Waals surface area contributed by atoms with Crippen LogP contribution in [-0.4, -0.2) is 54.3 Å². The number of benzene rings is 2. The maximum atomic E-state index is 11.9. The third-order valence-corrected chi connectivity index (χ3v) is 4.93. The van der Waals surface area contributed by atoms with Gasteiger partial charge in [0.2, 0.25) is 0 Å². The summed E-state index contributed by atoms with van der Waals surface area (Å²) in [5, 5.41) is 18.9. The predicted octanol–water partition coefficient (Wildman–Crippen LogP) is 3.34. The normalized spacial score (nSPS) is 17.8. The molecule has 1 aliphatic rings. The average molecular weight is 397 g/mol. The lowest BCUT2D eigenvalue weighted by Crippen LogP contribution is -2.36. The van der Waals surface area contributed by atoms with Gasteiger partial charge in [-0.3, -0.25) is 0 Å². The summed E-state index contributed by atoms with van der Waals surface area (Å²) in [6.07, 6.45) is 0.758. The van der Waals surface area contributed by atoms with Gasteiger partial charge >= 0.3 is 11.9 Å². The number of hydrogen-bond acceptors (Lipinski definition) is 4. The van der Waals surface area contributed by atoms with Crippen LogP contribution in [-0.2, 0) is 15.0 Å². The van der Waals surface area contributed by atoms with Gasteiger partial charge in [-0.2, -0.15) is 0 Å². The van der Waals surface area contributed by atoms with E-state index in [0.717, 1.165) is 18.2 Å². The van der Waals surface area contributed by atoms with Crippen LogP contribution in [0.5, 0.6) is 5.75 Å². The molecule has 154 valence electrons. The van der Waals surface area contributed by atoms with E-state index in [1.807, 2.05) is 31.2 Å². The van der Waals surface area contributed by atoms with E-state index in [2.05, 4.69) is 25.9 Å². The van der Waals surface area contributed by atoms with E-state index < -0.39 is 17.4 Å². The highest BCUT2D eigenvalue weighted by Crippen LogP contribution is 2.48. The van der Waals surface area contributed by atoms with Crippen LogP contribution in [0.25, 0.3) is 0 Å². The number of para-hydroxylation sites is 1. The molecular formula is C23H27NO5. The highest BCUT2D eigenvalue weighted by Gasteiger charge is 2.48. The predicted molar refractivity (Wildman–Crippen MR) is 111 cm³/mol. The first-order chi connectivity index (χ1) is 13.7. The van der Waals surface area contributed by atoms with Crippen molar-refractivity contribution in [1.82, 2.24) is 4.90 Å². The van der Waals surface area contributed by atoms with Gasteiger partial charge in [-0.25, -0.2) is 9.59 Å². The number of nitrogens with zero attached hydrogens (tertiary/aromatic N) is 1. The Bertz CT molecular complexity index is 902. The molecule has 6 heteroatoms. The summed E-state index contributed by atoms with van der Waals surface area (Å²) in [6.45, 7) is 5.24. The van der Waals surface area contributed by atoms with Gasteiger partial charge in [-0.1, -0.05) is 55.0 Å². The zero-order valence-electron chi connectivity index (χ0n) is 17.2. The van der Waals surface area contributed by atoms with E-state index in [1.54, 1.807) is 24.3 Å². The number of fused-ring (bicyclic) bond motifs is 1. The van der Waals surface area contributed by atoms with Gasteiger partial charge in [0, 0.05) is 11.6 Å². The highest BCUT2D eigenvalue weighted by atomic mass is 16.5. The number of carboxylic acids is 2. The summed E-state index contributed by atoms with van der Waals surface area (Å²) in [6, 6.07) is 14.5. The first-order valence-electron chi connectivity index (χ1n) is 9.35. The average Bonchev–Trinajstić information content (AvgIpc) is 3.07. The smallest absolute Gasteiger partial charge is 0.333 e. The van der Waals surface area contributed by atoms with Crippen LogP contribution in [0.2, 0.25) is 0 Å². The molecule has 0 aliphatic carbocycles. The number of carboxylic acid groups (broad SMARTS) is 2. The minimum absolute atomic E-state index is 0.0425. The molecule has 0 saturated carbocycles. The van der Waals surface area contributed by atoms with Crippen molar-refractivity contribution in [3.8, 4) is 5.75 Å². The number of carbonyl (C=O) groups is 2. The maximum absolute atomic E-state index is 11.9. The summed E-state index contributed by atoms with van der Waals surface area (Å²) in [4.78, 5) is 25.2. The molecule has 0 fully saturated rings. The fourth-order valence-electron chi connectivity index (χ4n) is 3.16. The van der Waals surface area contributed by atoms with E-state index in [9.17, 15) is 14.7 Å². The van der Waals surface area contributed by atoms with Crippen molar-refractivity contribution in [1.29, 1.82) is 0 Å². The summed E-state index contributed by atoms with van der Waals surface area (Å²) in [7, 11) is 4.11. The molecule has 2 aromatic carbocycles. The van der Waals surface area contributed by atoms with Crippen molar-refractivity contribution in [2.45, 2.75) is 19.3 Å². The Balaban J connectivity index is 0.000000537. The molecule has 29 heavy (non-hydrogen) atoms. The van der Waals surface area contributed by atoms with Crippen LogP contribution < -0.4 is 4.74 Å². The largest absolute Gasteiger partial charge is 0.492 e. The van der Waals surface area contributed by atoms with Crippen LogP contribution in [0.3, 0.4) is 0 Å². The minimum Gasteiger partial charge on any atom is -0.492 e. The van der Waals surface area contributed by atoms with Crippen molar-refractivity contribution in [3.05, 3.63) is 76.9 Å². The van der Waals surface area contributed by atoms with Gasteiger partial charge in [-0.15, -0.1) is 0 Å². The molecule has 6 nitrogen and oxygen atoms in total. The molecule has 0 amide bonds. The van der Waals surface area contributed by atoms with Crippen LogP contribution in [0.15, 0.2) is 60.2 Å². The second kappa shape index (κ2) is 9.39. The Kier molecular flexibility index (Phi) is 7.18. The molecule has 2 aromatic rings. The molecule has 1 atom stereocenters. The Hall–Kier alpha value is -3.12. The van der Waals surface area contributed by atoms with Crippen LogP contribution >= 0.6 is 0 Å². The lowest BCUT2D eigenvalue weighted by molar-refractivity contribution is -0.135. The molecule has 0 spiro atoms. The third kappa shape index (κ3) is 4.84. The summed E-state index contributed by atoms with van der Waals surface area (Å²) >= 11 is 0. The summed E-state index contributed by atoms with van der Waals surface area (Å²) in [5.41, 5.74) is 0.995. The van der Waals surface area contributed by atoms with Crippen molar-refractivity contribution in [2.24, 2.45) is 0 Å². The Labute approximate surface area is 171 Å². The van der Waals surface area contributed by atoms with Crippen molar-refractivity contribution >= 4 is 11.9 Å². The van der Waals surface area contributed by atoms with E-state index in [4.69, 9.17) is 9.84 Å². The number of aryl methyl sites for hydroxylation is 1. The van der Waals surface area contributed by atoms with Crippen molar-refractivity contribution in [3.63, 3.8) is 0 Å². The van der Waals surface area contributed by atoms with Gasteiger partial charge < -0.3 is 19.8 Å². The molecule has 1 unspecified atom stereocenters. The molecule has 1 heterocycles. The van der Waals surface area contributed by atoms with E-state index in [1.165, 1.54) is 0 Å². The fraction of sp³-hybridized carbons (Fsp3) is 0.304. The topological polar surface area (TPSA) is 87.1 Å². The maximum Gasteiger partial charge on any atom is 0.333 e. The second-order valence-corrected chi connectivity index (χ2v) is 7.15. The molecule has 0 radical (unpaired) electrons. The van der Waals surface area contributed by atoms with E-state index in [0.29, 0.717) is 16.9 Å². The Morgan fingerprint density at radius 1 is 1.10 bits per heavy atom. The number of rotatable bonds is 5. The molecule has 0 aromatic heterocycles. The molecule has 2 N–H and O–H groups in total. The summed E-state index contributed by atoms with van der Waals surface area (Å²) < 4.78 is 5.71.